The molecule has 0 spiro atoms. The molecule has 7 rings (SSSR count). The van der Waals surface area contributed by atoms with Gasteiger partial charge >= 0.3 is 5.69 Å². The summed E-state index contributed by atoms with van der Waals surface area (Å²) in [5.74, 6) is -0.240. The highest BCUT2D eigenvalue weighted by Gasteiger charge is 2.38. The van der Waals surface area contributed by atoms with E-state index < -0.39 is 23.6 Å². The van der Waals surface area contributed by atoms with E-state index in [0.29, 0.717) is 74.1 Å². The second kappa shape index (κ2) is 14.9. The fourth-order valence-electron chi connectivity index (χ4n) is 6.42. The summed E-state index contributed by atoms with van der Waals surface area (Å²) in [6.45, 7) is 3.51. The summed E-state index contributed by atoms with van der Waals surface area (Å²) in [6.07, 6.45) is 2.19. The van der Waals surface area contributed by atoms with E-state index in [4.69, 9.17) is 18.9 Å². The third-order valence-electron chi connectivity index (χ3n) is 8.97. The number of nitrogens with zero attached hydrogens (tertiary/aromatic N) is 6. The number of nitrogens with one attached hydrogen (secondary N) is 1. The van der Waals surface area contributed by atoms with Gasteiger partial charge in [-0.3, -0.25) is 19.1 Å². The lowest BCUT2D eigenvalue weighted by molar-refractivity contribution is -0.0323. The number of carbonyl (C=O) groups excluding carboxylic acids is 1. The maximum atomic E-state index is 13.1. The van der Waals surface area contributed by atoms with Crippen LogP contribution in [0.15, 0.2) is 75.5 Å². The third-order valence-corrected chi connectivity index (χ3v) is 8.97. The van der Waals surface area contributed by atoms with Gasteiger partial charge in [-0.1, -0.05) is 35.5 Å². The number of ether oxygens (including phenoxy) is 4. The Bertz CT molecular complexity index is 2200. The quantitative estimate of drug-likeness (QED) is 0.136. The molecule has 3 N–H and O–H groups in total. The number of hydrogen-bond donors (Lipinski definition) is 3. The highest BCUT2D eigenvalue weighted by Crippen LogP contribution is 2.38. The fraction of sp³-hybridized carbons (Fsp3) is 0.371. The van der Waals surface area contributed by atoms with E-state index in [-0.39, 0.29) is 36.6 Å². The molecular weight excluding hydrogens is 662 g/mol. The topological polar surface area (TPSA) is 197 Å². The van der Waals surface area contributed by atoms with Gasteiger partial charge in [0.15, 0.2) is 0 Å². The van der Waals surface area contributed by atoms with Gasteiger partial charge in [0.1, 0.15) is 23.7 Å². The average molecular weight is 700 g/mol. The van der Waals surface area contributed by atoms with E-state index in [2.05, 4.69) is 20.3 Å². The summed E-state index contributed by atoms with van der Waals surface area (Å²) >= 11 is 0. The number of para-hydroxylation sites is 2. The van der Waals surface area contributed by atoms with Crippen LogP contribution in [0, 0.1) is 6.92 Å². The van der Waals surface area contributed by atoms with E-state index in [0.717, 1.165) is 10.9 Å². The van der Waals surface area contributed by atoms with Gasteiger partial charge in [-0.05, 0) is 25.1 Å². The van der Waals surface area contributed by atoms with Crippen LogP contribution in [0.1, 0.15) is 45.9 Å². The Morgan fingerprint density at radius 1 is 0.961 bits per heavy atom. The highest BCUT2D eigenvalue weighted by atomic mass is 16.5. The molecule has 0 saturated carbocycles. The minimum absolute atomic E-state index is 0.0279. The smallest absolute Gasteiger partial charge is 0.330 e. The van der Waals surface area contributed by atoms with Crippen molar-refractivity contribution in [1.82, 2.24) is 29.1 Å². The Morgan fingerprint density at radius 3 is 2.51 bits per heavy atom. The van der Waals surface area contributed by atoms with Gasteiger partial charge in [-0.2, -0.15) is 0 Å². The van der Waals surface area contributed by atoms with E-state index in [9.17, 15) is 24.6 Å². The van der Waals surface area contributed by atoms with Crippen molar-refractivity contribution in [2.45, 2.75) is 44.9 Å². The Balaban J connectivity index is 0.833. The predicted molar refractivity (Wildman–Crippen MR) is 183 cm³/mol. The second-order valence-corrected chi connectivity index (χ2v) is 12.2. The van der Waals surface area contributed by atoms with E-state index in [1.807, 2.05) is 30.3 Å². The number of hydrogen-bond acceptors (Lipinski definition) is 12. The maximum Gasteiger partial charge on any atom is 0.330 e. The van der Waals surface area contributed by atoms with Crippen molar-refractivity contribution in [2.24, 2.45) is 4.99 Å². The molecule has 5 aromatic rings. The third kappa shape index (κ3) is 6.91. The van der Waals surface area contributed by atoms with Crippen molar-refractivity contribution in [3.8, 4) is 5.88 Å². The number of aliphatic hydroxyl groups is 1. The van der Waals surface area contributed by atoms with Gasteiger partial charge in [-0.25, -0.2) is 14.5 Å². The van der Waals surface area contributed by atoms with Gasteiger partial charge in [0.05, 0.1) is 75.3 Å². The number of fused-ring (bicyclic) bond motifs is 2. The van der Waals surface area contributed by atoms with Crippen molar-refractivity contribution in [3.05, 3.63) is 104 Å². The Morgan fingerprint density at radius 2 is 1.71 bits per heavy atom. The van der Waals surface area contributed by atoms with Crippen LogP contribution in [-0.4, -0.2) is 96.6 Å². The number of aromatic amines is 1. The van der Waals surface area contributed by atoms with E-state index in [1.165, 1.54) is 10.8 Å². The summed E-state index contributed by atoms with van der Waals surface area (Å²) in [7, 11) is 0. The van der Waals surface area contributed by atoms with Crippen LogP contribution in [0.25, 0.3) is 10.9 Å². The summed E-state index contributed by atoms with van der Waals surface area (Å²) in [5.41, 5.74) is 2.45. The summed E-state index contributed by atoms with van der Waals surface area (Å²) in [6, 6.07) is 14.3. The molecule has 0 aliphatic carbocycles. The minimum Gasteiger partial charge on any atom is -0.494 e. The van der Waals surface area contributed by atoms with Gasteiger partial charge in [0.25, 0.3) is 5.56 Å². The molecule has 3 unspecified atom stereocenters. The van der Waals surface area contributed by atoms with Crippen LogP contribution < -0.4 is 11.2 Å². The predicted octanol–water partition coefficient (Wildman–Crippen LogP) is 2.19. The molecule has 2 aliphatic rings. The van der Waals surface area contributed by atoms with Crippen molar-refractivity contribution in [2.75, 3.05) is 39.6 Å². The van der Waals surface area contributed by atoms with Gasteiger partial charge in [0.2, 0.25) is 11.7 Å². The normalized spacial score (nSPS) is 18.5. The molecule has 16 nitrogen and oxygen atoms in total. The number of aromatic nitrogens is 6. The fourth-order valence-corrected chi connectivity index (χ4v) is 6.42. The number of Topliss-reactive ketones (excluding diaryl/α,β-unsaturated/α-hetero) is 1. The summed E-state index contributed by atoms with van der Waals surface area (Å²) < 4.78 is 27.6. The molecular formula is C35H37N7O9. The average Bonchev–Trinajstić information content (AvgIpc) is 3.91. The molecule has 0 amide bonds. The zero-order chi connectivity index (χ0) is 35.5. The van der Waals surface area contributed by atoms with Crippen molar-refractivity contribution >= 4 is 28.1 Å². The number of benzene rings is 2. The first-order valence-corrected chi connectivity index (χ1v) is 16.6. The lowest BCUT2D eigenvalue weighted by Crippen LogP contribution is -2.33. The first-order chi connectivity index (χ1) is 24.8. The van der Waals surface area contributed by atoms with Crippen LogP contribution in [0.4, 0.5) is 5.69 Å². The SMILES string of the molecule is Cc1cn(C2CC(n3cc(COCCOCCOCCn4c(O)c(C5=Nc6ccccc6C5=O)c5ccccc54)nn3)C(CO)O2)c(=O)[nH]c1=O. The van der Waals surface area contributed by atoms with Crippen molar-refractivity contribution in [1.29, 1.82) is 0 Å². The van der Waals surface area contributed by atoms with Gasteiger partial charge in [-0.15, -0.1) is 5.10 Å². The van der Waals surface area contributed by atoms with Crippen LogP contribution >= 0.6 is 0 Å². The van der Waals surface area contributed by atoms with Crippen LogP contribution in [0.2, 0.25) is 0 Å². The Labute approximate surface area is 290 Å². The lowest BCUT2D eigenvalue weighted by Gasteiger charge is -2.15. The number of rotatable bonds is 15. The Kier molecular flexibility index (Phi) is 10.0. The van der Waals surface area contributed by atoms with Crippen LogP contribution in [0.5, 0.6) is 5.88 Å². The number of aromatic hydroxyl groups is 1. The largest absolute Gasteiger partial charge is 0.494 e. The maximum absolute atomic E-state index is 13.1. The molecule has 51 heavy (non-hydrogen) atoms. The standard InChI is InChI=1S/C35H37N7O9/c1-21-17-41(35(47)37-33(21)45)29-16-27(28(19-43)51-29)42-18-22(38-39-42)20-50-15-14-49-13-12-48-11-10-40-26-9-5-3-7-24(26)30(34(40)46)31-32(44)23-6-2-4-8-25(23)36-31/h2-9,17-18,27-29,43,46H,10-16,19-20H2,1H3,(H,37,45,47). The molecule has 16 heteroatoms. The van der Waals surface area contributed by atoms with E-state index in [1.54, 1.807) is 40.6 Å². The van der Waals surface area contributed by atoms with Crippen LogP contribution in [0.3, 0.4) is 0 Å². The molecule has 0 radical (unpaired) electrons. The molecule has 3 atom stereocenters. The monoisotopic (exact) mass is 699 g/mol. The molecule has 2 aliphatic heterocycles. The summed E-state index contributed by atoms with van der Waals surface area (Å²) in [4.78, 5) is 44.0. The molecule has 1 fully saturated rings. The summed E-state index contributed by atoms with van der Waals surface area (Å²) in [5, 5.41) is 30.2. The van der Waals surface area contributed by atoms with Gasteiger partial charge < -0.3 is 33.7 Å². The number of aliphatic imine (C=N–C) groups is 1. The van der Waals surface area contributed by atoms with Crippen molar-refractivity contribution in [3.63, 3.8) is 0 Å². The number of H-pyrrole nitrogens is 1. The molecule has 1 saturated heterocycles. The number of carbonyl (C=O) groups is 1. The zero-order valence-corrected chi connectivity index (χ0v) is 27.8. The number of aryl methyl sites for hydroxylation is 1. The molecule has 2 aromatic carbocycles. The lowest BCUT2D eigenvalue weighted by atomic mass is 10.0. The first kappa shape index (κ1) is 34.2. The Hall–Kier alpha value is -5.26. The molecule has 0 bridgehead atoms. The van der Waals surface area contributed by atoms with Crippen molar-refractivity contribution < 1.29 is 34.0 Å². The number of ketones is 1. The second-order valence-electron chi connectivity index (χ2n) is 12.2. The molecule has 3 aromatic heterocycles. The van der Waals surface area contributed by atoms with Gasteiger partial charge in [0, 0.05) is 35.7 Å². The first-order valence-electron chi connectivity index (χ1n) is 16.6. The molecule has 266 valence electrons. The highest BCUT2D eigenvalue weighted by molar-refractivity contribution is 6.56. The number of aliphatic hydroxyl groups excluding tert-OH is 1. The van der Waals surface area contributed by atoms with Crippen LogP contribution in [-0.2, 0) is 32.1 Å². The minimum atomic E-state index is -0.683. The molecule has 5 heterocycles. The van der Waals surface area contributed by atoms with E-state index >= 15 is 0 Å². The zero-order valence-electron chi connectivity index (χ0n) is 27.8.